The van der Waals surface area contributed by atoms with Crippen molar-refractivity contribution in [3.05, 3.63) is 47.5 Å². The minimum absolute atomic E-state index is 0.103. The lowest BCUT2D eigenvalue weighted by atomic mass is 9.97. The number of rotatable bonds is 7. The van der Waals surface area contributed by atoms with Crippen molar-refractivity contribution in [2.75, 3.05) is 35.7 Å². The van der Waals surface area contributed by atoms with E-state index in [9.17, 15) is 13.6 Å². The molecule has 0 spiro atoms. The Hall–Kier alpha value is -2.70. The molecule has 0 fully saturated rings. The van der Waals surface area contributed by atoms with E-state index in [0.717, 1.165) is 30.6 Å². The molecule has 7 heteroatoms. The summed E-state index contributed by atoms with van der Waals surface area (Å²) in [4.78, 5) is 18.9. The summed E-state index contributed by atoms with van der Waals surface area (Å²) in [5.74, 6) is -0.432. The van der Waals surface area contributed by atoms with Crippen molar-refractivity contribution in [2.45, 2.75) is 34.1 Å². The van der Waals surface area contributed by atoms with Gasteiger partial charge in [-0.05, 0) is 42.2 Å². The van der Waals surface area contributed by atoms with Gasteiger partial charge in [0.25, 0.3) is 0 Å². The van der Waals surface area contributed by atoms with Gasteiger partial charge in [-0.25, -0.2) is 13.8 Å². The highest BCUT2D eigenvalue weighted by atomic mass is 19.1. The summed E-state index contributed by atoms with van der Waals surface area (Å²) in [5, 5.41) is 6.10. The van der Waals surface area contributed by atoms with Gasteiger partial charge in [-0.3, -0.25) is 4.79 Å². The fraction of sp³-hybridized carbons (Fsp3) is 0.429. The number of hydrogen-bond donors (Lipinski definition) is 2. The SMILES string of the molecule is CCN(C)c1nc(NCC(C)(C)C)ccc1NC(=O)Cc1cc(F)cc(F)c1. The Morgan fingerprint density at radius 1 is 1.14 bits per heavy atom. The van der Waals surface area contributed by atoms with Crippen LogP contribution >= 0.6 is 0 Å². The number of anilines is 3. The third-order valence-electron chi connectivity index (χ3n) is 4.07. The van der Waals surface area contributed by atoms with Gasteiger partial charge in [0.2, 0.25) is 5.91 Å². The number of benzene rings is 1. The van der Waals surface area contributed by atoms with Crippen molar-refractivity contribution in [1.82, 2.24) is 4.98 Å². The molecule has 2 aromatic rings. The third-order valence-corrected chi connectivity index (χ3v) is 4.07. The van der Waals surface area contributed by atoms with Gasteiger partial charge in [0, 0.05) is 26.2 Å². The largest absolute Gasteiger partial charge is 0.369 e. The van der Waals surface area contributed by atoms with E-state index in [-0.39, 0.29) is 23.3 Å². The van der Waals surface area contributed by atoms with Crippen LogP contribution in [0.5, 0.6) is 0 Å². The highest BCUT2D eigenvalue weighted by Crippen LogP contribution is 2.26. The highest BCUT2D eigenvalue weighted by molar-refractivity contribution is 5.95. The lowest BCUT2D eigenvalue weighted by Gasteiger charge is -2.23. The number of carbonyl (C=O) groups excluding carboxylic acids is 1. The molecule has 0 radical (unpaired) electrons. The summed E-state index contributed by atoms with van der Waals surface area (Å²) in [5.41, 5.74) is 0.926. The molecular weight excluding hydrogens is 362 g/mol. The molecule has 2 rings (SSSR count). The van der Waals surface area contributed by atoms with Gasteiger partial charge in [-0.2, -0.15) is 0 Å². The van der Waals surface area contributed by atoms with Crippen LogP contribution in [0.1, 0.15) is 33.3 Å². The first kappa shape index (κ1) is 21.6. The predicted molar refractivity (Wildman–Crippen MR) is 110 cm³/mol. The van der Waals surface area contributed by atoms with E-state index in [1.165, 1.54) is 0 Å². The molecule has 28 heavy (non-hydrogen) atoms. The molecule has 152 valence electrons. The second-order valence-corrected chi connectivity index (χ2v) is 8.00. The van der Waals surface area contributed by atoms with Crippen molar-refractivity contribution >= 4 is 23.2 Å². The van der Waals surface area contributed by atoms with Gasteiger partial charge in [-0.15, -0.1) is 0 Å². The Labute approximate surface area is 165 Å². The van der Waals surface area contributed by atoms with E-state index in [0.29, 0.717) is 18.1 Å². The van der Waals surface area contributed by atoms with Crippen molar-refractivity contribution in [2.24, 2.45) is 5.41 Å². The summed E-state index contributed by atoms with van der Waals surface area (Å²) < 4.78 is 26.7. The van der Waals surface area contributed by atoms with Crippen LogP contribution in [0.2, 0.25) is 0 Å². The minimum atomic E-state index is -0.704. The van der Waals surface area contributed by atoms with Crippen LogP contribution < -0.4 is 15.5 Å². The van der Waals surface area contributed by atoms with Gasteiger partial charge in [0.05, 0.1) is 12.1 Å². The maximum absolute atomic E-state index is 13.3. The van der Waals surface area contributed by atoms with Gasteiger partial charge in [-0.1, -0.05) is 20.8 Å². The number of halogens is 2. The van der Waals surface area contributed by atoms with Gasteiger partial charge in [0.15, 0.2) is 5.82 Å². The Kier molecular flexibility index (Phi) is 6.94. The van der Waals surface area contributed by atoms with Crippen LogP contribution in [-0.2, 0) is 11.2 Å². The molecule has 0 unspecified atom stereocenters. The Balaban J connectivity index is 2.17. The minimum Gasteiger partial charge on any atom is -0.369 e. The van der Waals surface area contributed by atoms with Crippen molar-refractivity contribution < 1.29 is 13.6 Å². The number of hydrogen-bond acceptors (Lipinski definition) is 4. The summed E-state index contributed by atoms with van der Waals surface area (Å²) in [6.45, 7) is 9.83. The van der Waals surface area contributed by atoms with Crippen LogP contribution in [-0.4, -0.2) is 31.0 Å². The Morgan fingerprint density at radius 3 is 2.36 bits per heavy atom. The molecule has 5 nitrogen and oxygen atoms in total. The average molecular weight is 390 g/mol. The molecular formula is C21H28F2N4O. The van der Waals surface area contributed by atoms with E-state index in [1.54, 1.807) is 12.1 Å². The first-order valence-electron chi connectivity index (χ1n) is 9.28. The average Bonchev–Trinajstić information content (AvgIpc) is 2.58. The lowest BCUT2D eigenvalue weighted by molar-refractivity contribution is -0.115. The second kappa shape index (κ2) is 8.99. The van der Waals surface area contributed by atoms with Crippen LogP contribution in [0, 0.1) is 17.0 Å². The Bertz CT molecular complexity index is 813. The number of nitrogens with zero attached hydrogens (tertiary/aromatic N) is 2. The van der Waals surface area contributed by atoms with Crippen LogP contribution in [0.25, 0.3) is 0 Å². The van der Waals surface area contributed by atoms with Crippen molar-refractivity contribution in [3.8, 4) is 0 Å². The smallest absolute Gasteiger partial charge is 0.228 e. The zero-order chi connectivity index (χ0) is 20.9. The molecule has 0 atom stereocenters. The zero-order valence-corrected chi connectivity index (χ0v) is 17.1. The standard InChI is InChI=1S/C21H28F2N4O/c1-6-27(5)20-17(7-8-18(26-20)24-13-21(2,3)4)25-19(28)11-14-9-15(22)12-16(23)10-14/h7-10,12H,6,11,13H2,1-5H3,(H,24,26)(H,25,28). The molecule has 0 aliphatic heterocycles. The van der Waals surface area contributed by atoms with Gasteiger partial charge >= 0.3 is 0 Å². The van der Waals surface area contributed by atoms with E-state index < -0.39 is 11.6 Å². The van der Waals surface area contributed by atoms with E-state index in [1.807, 2.05) is 18.9 Å². The van der Waals surface area contributed by atoms with E-state index in [4.69, 9.17) is 0 Å². The summed E-state index contributed by atoms with van der Waals surface area (Å²) >= 11 is 0. The lowest BCUT2D eigenvalue weighted by Crippen LogP contribution is -2.23. The molecule has 0 bridgehead atoms. The fourth-order valence-corrected chi connectivity index (χ4v) is 2.53. The molecule has 2 N–H and O–H groups in total. The summed E-state index contributed by atoms with van der Waals surface area (Å²) in [6, 6.07) is 6.67. The number of nitrogens with one attached hydrogen (secondary N) is 2. The number of carbonyl (C=O) groups is 1. The van der Waals surface area contributed by atoms with Crippen LogP contribution in [0.3, 0.4) is 0 Å². The normalized spacial score (nSPS) is 11.2. The van der Waals surface area contributed by atoms with Crippen molar-refractivity contribution in [3.63, 3.8) is 0 Å². The first-order chi connectivity index (χ1) is 13.1. The molecule has 1 aromatic heterocycles. The number of aromatic nitrogens is 1. The number of pyridine rings is 1. The topological polar surface area (TPSA) is 57.3 Å². The molecule has 1 amide bonds. The molecule has 0 aliphatic rings. The fourth-order valence-electron chi connectivity index (χ4n) is 2.53. The van der Waals surface area contributed by atoms with Crippen LogP contribution in [0.4, 0.5) is 26.1 Å². The van der Waals surface area contributed by atoms with E-state index in [2.05, 4.69) is 36.4 Å². The molecule has 0 aliphatic carbocycles. The summed E-state index contributed by atoms with van der Waals surface area (Å²) in [7, 11) is 1.88. The van der Waals surface area contributed by atoms with Gasteiger partial charge < -0.3 is 15.5 Å². The summed E-state index contributed by atoms with van der Waals surface area (Å²) in [6.07, 6.45) is -0.131. The molecule has 0 saturated carbocycles. The predicted octanol–water partition coefficient (Wildman–Crippen LogP) is 4.46. The first-order valence-corrected chi connectivity index (χ1v) is 9.28. The molecule has 1 heterocycles. The monoisotopic (exact) mass is 390 g/mol. The van der Waals surface area contributed by atoms with Gasteiger partial charge in [0.1, 0.15) is 17.5 Å². The Morgan fingerprint density at radius 2 is 1.79 bits per heavy atom. The quantitative estimate of drug-likeness (QED) is 0.733. The molecule has 0 saturated heterocycles. The maximum Gasteiger partial charge on any atom is 0.228 e. The highest BCUT2D eigenvalue weighted by Gasteiger charge is 2.15. The van der Waals surface area contributed by atoms with Crippen molar-refractivity contribution in [1.29, 1.82) is 0 Å². The maximum atomic E-state index is 13.3. The second-order valence-electron chi connectivity index (χ2n) is 8.00. The van der Waals surface area contributed by atoms with Crippen LogP contribution in [0.15, 0.2) is 30.3 Å². The third kappa shape index (κ3) is 6.48. The zero-order valence-electron chi connectivity index (χ0n) is 17.1. The number of amides is 1. The molecule has 1 aromatic carbocycles. The van der Waals surface area contributed by atoms with E-state index >= 15 is 0 Å².